The van der Waals surface area contributed by atoms with E-state index in [9.17, 15) is 9.59 Å². The number of aromatic nitrogens is 3. The molecular formula is C20H21N5O2. The van der Waals surface area contributed by atoms with Crippen LogP contribution in [0.2, 0.25) is 0 Å². The van der Waals surface area contributed by atoms with Crippen LogP contribution in [0.25, 0.3) is 0 Å². The van der Waals surface area contributed by atoms with Crippen LogP contribution in [0.15, 0.2) is 65.6 Å². The number of amides is 1. The summed E-state index contributed by atoms with van der Waals surface area (Å²) in [5, 5.41) is 6.80. The lowest BCUT2D eigenvalue weighted by Crippen LogP contribution is -2.29. The highest BCUT2D eigenvalue weighted by atomic mass is 16.2. The Labute approximate surface area is 157 Å². The lowest BCUT2D eigenvalue weighted by atomic mass is 10.2. The molecule has 0 saturated carbocycles. The van der Waals surface area contributed by atoms with Gasteiger partial charge in [0.2, 0.25) is 0 Å². The molecule has 0 atom stereocenters. The number of carbonyl (C=O) groups excluding carboxylic acids is 1. The van der Waals surface area contributed by atoms with Gasteiger partial charge in [-0.15, -0.1) is 0 Å². The van der Waals surface area contributed by atoms with Crippen molar-refractivity contribution >= 4 is 11.7 Å². The fourth-order valence-electron chi connectivity index (χ4n) is 2.73. The molecule has 0 aliphatic rings. The summed E-state index contributed by atoms with van der Waals surface area (Å²) in [4.78, 5) is 30.2. The number of pyridine rings is 1. The number of hydrogen-bond acceptors (Lipinski definition) is 5. The maximum Gasteiger partial charge on any atom is 0.271 e. The van der Waals surface area contributed by atoms with Gasteiger partial charge >= 0.3 is 0 Å². The van der Waals surface area contributed by atoms with Crippen molar-refractivity contribution in [3.63, 3.8) is 0 Å². The Morgan fingerprint density at radius 2 is 1.89 bits per heavy atom. The van der Waals surface area contributed by atoms with E-state index in [1.807, 2.05) is 42.3 Å². The van der Waals surface area contributed by atoms with E-state index < -0.39 is 0 Å². The number of anilines is 1. The molecule has 1 aromatic carbocycles. The van der Waals surface area contributed by atoms with Crippen molar-refractivity contribution in [1.82, 2.24) is 20.1 Å². The number of rotatable bonds is 6. The van der Waals surface area contributed by atoms with E-state index >= 15 is 0 Å². The van der Waals surface area contributed by atoms with Gasteiger partial charge < -0.3 is 10.2 Å². The first kappa shape index (κ1) is 18.3. The predicted molar refractivity (Wildman–Crippen MR) is 103 cm³/mol. The molecule has 7 heteroatoms. The van der Waals surface area contributed by atoms with E-state index in [0.717, 1.165) is 16.1 Å². The van der Waals surface area contributed by atoms with Crippen LogP contribution in [0.4, 0.5) is 5.82 Å². The molecule has 0 bridgehead atoms. The fourth-order valence-corrected chi connectivity index (χ4v) is 2.73. The first-order valence-electron chi connectivity index (χ1n) is 8.56. The van der Waals surface area contributed by atoms with Crippen molar-refractivity contribution in [2.75, 3.05) is 11.9 Å². The minimum absolute atomic E-state index is 0.195. The molecule has 7 nitrogen and oxygen atoms in total. The number of hydrogen-bond donors (Lipinski definition) is 1. The van der Waals surface area contributed by atoms with Gasteiger partial charge in [0.15, 0.2) is 0 Å². The molecule has 0 radical (unpaired) electrons. The SMILES string of the molecule is CN(Cc1ccccc1)c1ncccc1CNC(=O)c1ccc(=O)n(C)n1. The topological polar surface area (TPSA) is 80.1 Å². The van der Waals surface area contributed by atoms with Crippen LogP contribution < -0.4 is 15.8 Å². The molecule has 1 N–H and O–H groups in total. The summed E-state index contributed by atoms with van der Waals surface area (Å²) in [7, 11) is 3.48. The molecule has 1 amide bonds. The number of nitrogens with one attached hydrogen (secondary N) is 1. The van der Waals surface area contributed by atoms with Crippen molar-refractivity contribution in [1.29, 1.82) is 0 Å². The number of benzene rings is 1. The van der Waals surface area contributed by atoms with Crippen LogP contribution in [-0.2, 0) is 20.1 Å². The Morgan fingerprint density at radius 3 is 2.63 bits per heavy atom. The third-order valence-electron chi connectivity index (χ3n) is 4.12. The van der Waals surface area contributed by atoms with E-state index in [1.165, 1.54) is 24.7 Å². The molecule has 2 aromatic heterocycles. The Bertz CT molecular complexity index is 985. The zero-order chi connectivity index (χ0) is 19.2. The number of carbonyl (C=O) groups is 1. The van der Waals surface area contributed by atoms with Gasteiger partial charge in [-0.1, -0.05) is 36.4 Å². The van der Waals surface area contributed by atoms with Crippen molar-refractivity contribution in [2.45, 2.75) is 13.1 Å². The largest absolute Gasteiger partial charge is 0.355 e. The highest BCUT2D eigenvalue weighted by Gasteiger charge is 2.12. The second-order valence-electron chi connectivity index (χ2n) is 6.19. The fraction of sp³-hybridized carbons (Fsp3) is 0.200. The van der Waals surface area contributed by atoms with Gasteiger partial charge in [0.05, 0.1) is 0 Å². The molecule has 0 aliphatic heterocycles. The van der Waals surface area contributed by atoms with Gasteiger partial charge in [-0.05, 0) is 17.7 Å². The van der Waals surface area contributed by atoms with E-state index in [1.54, 1.807) is 6.20 Å². The number of aryl methyl sites for hydroxylation is 1. The predicted octanol–water partition coefficient (Wildman–Crippen LogP) is 1.74. The van der Waals surface area contributed by atoms with Crippen LogP contribution in [-0.4, -0.2) is 27.7 Å². The van der Waals surface area contributed by atoms with E-state index in [4.69, 9.17) is 0 Å². The molecule has 0 aliphatic carbocycles. The van der Waals surface area contributed by atoms with Crippen LogP contribution in [0.3, 0.4) is 0 Å². The van der Waals surface area contributed by atoms with Gasteiger partial charge in [0.1, 0.15) is 11.5 Å². The van der Waals surface area contributed by atoms with Crippen molar-refractivity contribution < 1.29 is 4.79 Å². The zero-order valence-electron chi connectivity index (χ0n) is 15.3. The lowest BCUT2D eigenvalue weighted by Gasteiger charge is -2.21. The van der Waals surface area contributed by atoms with E-state index in [2.05, 4.69) is 27.5 Å². The molecule has 0 spiro atoms. The van der Waals surface area contributed by atoms with Gasteiger partial charge in [-0.2, -0.15) is 5.10 Å². The molecule has 27 heavy (non-hydrogen) atoms. The number of nitrogens with zero attached hydrogens (tertiary/aromatic N) is 4. The molecule has 0 fully saturated rings. The Morgan fingerprint density at radius 1 is 1.11 bits per heavy atom. The Kier molecular flexibility index (Phi) is 5.61. The lowest BCUT2D eigenvalue weighted by molar-refractivity contribution is 0.0943. The quantitative estimate of drug-likeness (QED) is 0.722. The van der Waals surface area contributed by atoms with Gasteiger partial charge in [0, 0.05) is 45.0 Å². The molecule has 0 saturated heterocycles. The van der Waals surface area contributed by atoms with Crippen molar-refractivity contribution in [2.24, 2.45) is 7.05 Å². The minimum atomic E-state index is -0.342. The monoisotopic (exact) mass is 363 g/mol. The first-order chi connectivity index (χ1) is 13.0. The van der Waals surface area contributed by atoms with E-state index in [0.29, 0.717) is 13.1 Å². The molecule has 0 unspecified atom stereocenters. The average molecular weight is 363 g/mol. The summed E-state index contributed by atoms with van der Waals surface area (Å²) in [6.07, 6.45) is 1.73. The van der Waals surface area contributed by atoms with Gasteiger partial charge in [-0.3, -0.25) is 9.59 Å². The van der Waals surface area contributed by atoms with Crippen LogP contribution >= 0.6 is 0 Å². The normalized spacial score (nSPS) is 10.4. The maximum atomic E-state index is 12.3. The highest BCUT2D eigenvalue weighted by Crippen LogP contribution is 2.18. The van der Waals surface area contributed by atoms with Crippen molar-refractivity contribution in [3.8, 4) is 0 Å². The summed E-state index contributed by atoms with van der Waals surface area (Å²) in [5.41, 5.74) is 2.01. The molecule has 2 heterocycles. The van der Waals surface area contributed by atoms with Crippen molar-refractivity contribution in [3.05, 3.63) is 88.0 Å². The zero-order valence-corrected chi connectivity index (χ0v) is 15.3. The molecule has 3 rings (SSSR count). The molecule has 3 aromatic rings. The summed E-state index contributed by atoms with van der Waals surface area (Å²) in [6, 6.07) is 16.6. The summed E-state index contributed by atoms with van der Waals surface area (Å²) >= 11 is 0. The first-order valence-corrected chi connectivity index (χ1v) is 8.56. The standard InChI is InChI=1S/C20H21N5O2/c1-24(14-15-7-4-3-5-8-15)19-16(9-6-12-21-19)13-22-20(27)17-10-11-18(26)25(2)23-17/h3-12H,13-14H2,1-2H3,(H,22,27). The van der Waals surface area contributed by atoms with E-state index in [-0.39, 0.29) is 17.2 Å². The van der Waals surface area contributed by atoms with Gasteiger partial charge in [-0.25, -0.2) is 9.67 Å². The minimum Gasteiger partial charge on any atom is -0.355 e. The highest BCUT2D eigenvalue weighted by molar-refractivity contribution is 5.92. The third-order valence-corrected chi connectivity index (χ3v) is 4.12. The third kappa shape index (κ3) is 4.58. The van der Waals surface area contributed by atoms with Crippen LogP contribution in [0.1, 0.15) is 21.6 Å². The summed E-state index contributed by atoms with van der Waals surface area (Å²) < 4.78 is 1.14. The Hall–Kier alpha value is -3.48. The van der Waals surface area contributed by atoms with Gasteiger partial charge in [0.25, 0.3) is 11.5 Å². The second-order valence-corrected chi connectivity index (χ2v) is 6.19. The smallest absolute Gasteiger partial charge is 0.271 e. The summed E-state index contributed by atoms with van der Waals surface area (Å²) in [6.45, 7) is 1.02. The Balaban J connectivity index is 1.71. The molecular weight excluding hydrogens is 342 g/mol. The molecule has 138 valence electrons. The van der Waals surface area contributed by atoms with Crippen LogP contribution in [0.5, 0.6) is 0 Å². The summed E-state index contributed by atoms with van der Waals surface area (Å²) in [5.74, 6) is 0.459. The average Bonchev–Trinajstić information content (AvgIpc) is 2.69. The van der Waals surface area contributed by atoms with Crippen LogP contribution in [0, 0.1) is 0 Å². The maximum absolute atomic E-state index is 12.3. The second kappa shape index (κ2) is 8.27.